The molecule has 2 aromatic carbocycles. The number of carbonyl (C=O) groups excluding carboxylic acids is 3. The maximum absolute atomic E-state index is 13.2. The summed E-state index contributed by atoms with van der Waals surface area (Å²) in [7, 11) is 5.50. The summed E-state index contributed by atoms with van der Waals surface area (Å²) in [6.07, 6.45) is 7.64. The number of likely N-dealkylation sites (N-methyl/N-ethyl adjacent to an activating group) is 1. The number of fused-ring (bicyclic) bond motifs is 1. The summed E-state index contributed by atoms with van der Waals surface area (Å²) >= 11 is 0. The van der Waals surface area contributed by atoms with Crippen molar-refractivity contribution in [1.29, 1.82) is 5.40 Å². The maximum Gasteiger partial charge on any atom is 0.272 e. The van der Waals surface area contributed by atoms with E-state index in [4.69, 9.17) is 6.04 Å². The van der Waals surface area contributed by atoms with E-state index >= 15 is 0 Å². The molecule has 14 nitrogen and oxygen atoms in total. The molecule has 0 aliphatic carbocycles. The van der Waals surface area contributed by atoms with Crippen LogP contribution >= 0.6 is 0 Å². The van der Waals surface area contributed by atoms with Gasteiger partial charge in [0.25, 0.3) is 17.7 Å². The van der Waals surface area contributed by atoms with E-state index in [2.05, 4.69) is 48.5 Å². The number of amidine groups is 1. The van der Waals surface area contributed by atoms with Crippen molar-refractivity contribution < 1.29 is 20.4 Å². The first-order valence-electron chi connectivity index (χ1n) is 16.3. The van der Waals surface area contributed by atoms with Crippen LogP contribution in [0.15, 0.2) is 71.6 Å². The van der Waals surface area contributed by atoms with Crippen LogP contribution in [-0.2, 0) is 14.1 Å². The molecule has 1 aliphatic rings. The van der Waals surface area contributed by atoms with Gasteiger partial charge in [0, 0.05) is 71.2 Å². The Kier molecular flexibility index (Phi) is 9.28. The van der Waals surface area contributed by atoms with Gasteiger partial charge in [0.15, 0.2) is 1.41 Å². The molecule has 6 rings (SSSR count). The van der Waals surface area contributed by atoms with Gasteiger partial charge in [-0.05, 0) is 64.9 Å². The molecule has 3 amide bonds. The SMILES string of the molecule is [H]/N=C(\CCNC(=O)c1cc(NC(=O)c2cc(NC(=O)c3ccc(C=Cc4ccc5nonc5c4)cc3)cn2C)cn1C)N1CCN(C)CC1. The quantitative estimate of drug-likeness (QED) is 0.0992. The number of carbonyl (C=O) groups is 3. The normalized spacial score (nSPS) is 14.3. The third-order valence-electron chi connectivity index (χ3n) is 8.41. The van der Waals surface area contributed by atoms with Crippen LogP contribution in [0.4, 0.5) is 11.4 Å². The highest BCUT2D eigenvalue weighted by molar-refractivity contribution is 6.07. The molecule has 1 aliphatic heterocycles. The Bertz CT molecular complexity index is 2070. The predicted octanol–water partition coefficient (Wildman–Crippen LogP) is 3.92. The van der Waals surface area contributed by atoms with Crippen LogP contribution in [0, 0.1) is 5.40 Å². The van der Waals surface area contributed by atoms with Crippen LogP contribution < -0.4 is 16.0 Å². The Morgan fingerprint density at radius 3 is 2.10 bits per heavy atom. The molecule has 0 bridgehead atoms. The fourth-order valence-electron chi connectivity index (χ4n) is 5.56. The zero-order valence-electron chi connectivity index (χ0n) is 28.5. The lowest BCUT2D eigenvalue weighted by Gasteiger charge is -2.34. The van der Waals surface area contributed by atoms with Gasteiger partial charge in [-0.3, -0.25) is 19.8 Å². The minimum absolute atomic E-state index is 0.300. The third-order valence-corrected chi connectivity index (χ3v) is 8.41. The Hall–Kier alpha value is -6.02. The predicted molar refractivity (Wildman–Crippen MR) is 188 cm³/mol. The Balaban J connectivity index is 1.01. The van der Waals surface area contributed by atoms with E-state index in [1.54, 1.807) is 59.9 Å². The van der Waals surface area contributed by atoms with Crippen LogP contribution in [0.2, 0.25) is 1.41 Å². The molecule has 1 saturated heterocycles. The van der Waals surface area contributed by atoms with E-state index < -0.39 is 5.91 Å². The average molecular weight is 663 g/mol. The maximum atomic E-state index is 13.2. The Morgan fingerprint density at radius 1 is 0.796 bits per heavy atom. The number of aryl methyl sites for hydroxylation is 2. The first-order chi connectivity index (χ1) is 24.2. The first kappa shape index (κ1) is 31.6. The summed E-state index contributed by atoms with van der Waals surface area (Å²) in [4.78, 5) is 43.4. The number of anilines is 2. The first-order valence-corrected chi connectivity index (χ1v) is 15.9. The summed E-state index contributed by atoms with van der Waals surface area (Å²) in [6.45, 7) is 3.73. The fraction of sp³-hybridized carbons (Fsp3) is 0.257. The molecule has 14 heteroatoms. The number of benzene rings is 2. The van der Waals surface area contributed by atoms with Gasteiger partial charge < -0.3 is 34.9 Å². The van der Waals surface area contributed by atoms with E-state index in [0.717, 1.165) is 37.3 Å². The van der Waals surface area contributed by atoms with Gasteiger partial charge in [-0.15, -0.1) is 0 Å². The number of amides is 3. The Labute approximate surface area is 284 Å². The highest BCUT2D eigenvalue weighted by Crippen LogP contribution is 2.19. The molecule has 0 radical (unpaired) electrons. The van der Waals surface area contributed by atoms with Gasteiger partial charge in [-0.25, -0.2) is 4.63 Å². The number of nitrogens with zero attached hydrogens (tertiary/aromatic N) is 6. The molecule has 5 aromatic rings. The molecule has 1 fully saturated rings. The smallest absolute Gasteiger partial charge is 0.272 e. The number of piperazine rings is 1. The largest absolute Gasteiger partial charge is 0.358 e. The molecular formula is C35H38N10O4. The Morgan fingerprint density at radius 2 is 1.41 bits per heavy atom. The number of hydrogen-bond acceptors (Lipinski definition) is 8. The van der Waals surface area contributed by atoms with Crippen LogP contribution in [0.25, 0.3) is 23.2 Å². The van der Waals surface area contributed by atoms with Crippen molar-refractivity contribution in [2.45, 2.75) is 6.42 Å². The fourth-order valence-corrected chi connectivity index (χ4v) is 5.56. The molecule has 4 N–H and O–H groups in total. The summed E-state index contributed by atoms with van der Waals surface area (Å²) in [6, 6.07) is 16.0. The summed E-state index contributed by atoms with van der Waals surface area (Å²) < 4.78 is 15.6. The molecule has 0 unspecified atom stereocenters. The van der Waals surface area contributed by atoms with E-state index in [1.165, 1.54) is 0 Å². The summed E-state index contributed by atoms with van der Waals surface area (Å²) in [5, 5.41) is 19.9. The number of rotatable bonds is 10. The topological polar surface area (TPSA) is 166 Å². The van der Waals surface area contributed by atoms with Crippen molar-refractivity contribution in [1.82, 2.24) is 34.6 Å². The average Bonchev–Trinajstić information content (AvgIpc) is 3.84. The van der Waals surface area contributed by atoms with Crippen molar-refractivity contribution in [3.8, 4) is 0 Å². The van der Waals surface area contributed by atoms with Gasteiger partial charge in [0.1, 0.15) is 22.4 Å². The molecule has 0 spiro atoms. The van der Waals surface area contributed by atoms with Crippen molar-refractivity contribution in [3.63, 3.8) is 0 Å². The zero-order chi connectivity index (χ0) is 35.2. The van der Waals surface area contributed by atoms with Crippen LogP contribution in [0.3, 0.4) is 0 Å². The van der Waals surface area contributed by atoms with Crippen molar-refractivity contribution >= 4 is 58.1 Å². The van der Waals surface area contributed by atoms with E-state index in [1.807, 2.05) is 42.5 Å². The molecule has 252 valence electrons. The standard InChI is InChI=1S/C35H38N10O4/c1-42-14-16-45(17-15-42)32(36)12-13-37-34(47)30-19-27(22-43(30)2)39-35(48)31-20-26(21-44(31)3)38-33(46)25-9-6-23(7-10-25)4-5-24-8-11-28-29(18-24)41-49-40-28/h4-11,18-22,36H,12-17H2,1-3H3,(H,37,47)(H,38,46)(H,39,48)/b5-4?,36-32+. The lowest BCUT2D eigenvalue weighted by molar-refractivity contribution is 0.0944. The molecule has 49 heavy (non-hydrogen) atoms. The third kappa shape index (κ3) is 7.93. The van der Waals surface area contributed by atoms with Gasteiger partial charge >= 0.3 is 0 Å². The van der Waals surface area contributed by atoms with Crippen LogP contribution in [0.1, 0.15) is 48.9 Å². The van der Waals surface area contributed by atoms with Crippen molar-refractivity contribution in [3.05, 3.63) is 95.1 Å². The molecule has 0 atom stereocenters. The molecule has 0 saturated carbocycles. The summed E-state index contributed by atoms with van der Waals surface area (Å²) in [5.74, 6) is -0.365. The summed E-state index contributed by atoms with van der Waals surface area (Å²) in [5.41, 5.74) is 5.28. The number of hydrogen-bond donors (Lipinski definition) is 4. The second kappa shape index (κ2) is 14.4. The molecular weight excluding hydrogens is 624 g/mol. The highest BCUT2D eigenvalue weighted by Gasteiger charge is 2.19. The van der Waals surface area contributed by atoms with E-state index in [9.17, 15) is 14.4 Å². The van der Waals surface area contributed by atoms with Crippen molar-refractivity contribution in [2.24, 2.45) is 14.1 Å². The molecule has 4 heterocycles. The van der Waals surface area contributed by atoms with Gasteiger partial charge in [0.05, 0.1) is 17.2 Å². The van der Waals surface area contributed by atoms with Crippen molar-refractivity contribution in [2.75, 3.05) is 50.4 Å². The van der Waals surface area contributed by atoms with Gasteiger partial charge in [0.2, 0.25) is 0 Å². The van der Waals surface area contributed by atoms with Crippen LogP contribution in [-0.4, -0.2) is 92.6 Å². The monoisotopic (exact) mass is 662 g/mol. The van der Waals surface area contributed by atoms with E-state index in [0.29, 0.717) is 58.2 Å². The number of nitrogens with one attached hydrogen (secondary N) is 4. The molecule has 3 aromatic heterocycles. The highest BCUT2D eigenvalue weighted by atomic mass is 16.6. The van der Waals surface area contributed by atoms with Gasteiger partial charge in [-0.2, -0.15) is 0 Å². The minimum Gasteiger partial charge on any atom is -0.358 e. The van der Waals surface area contributed by atoms with E-state index in [-0.39, 0.29) is 11.8 Å². The lowest BCUT2D eigenvalue weighted by Crippen LogP contribution is -2.47. The van der Waals surface area contributed by atoms with Gasteiger partial charge in [-0.1, -0.05) is 30.4 Å². The zero-order valence-corrected chi connectivity index (χ0v) is 27.5. The van der Waals surface area contributed by atoms with Crippen LogP contribution in [0.5, 0.6) is 0 Å². The second-order valence-electron chi connectivity index (χ2n) is 12.0. The lowest BCUT2D eigenvalue weighted by atomic mass is 10.1. The second-order valence-corrected chi connectivity index (χ2v) is 12.0. The number of aromatic nitrogens is 4. The minimum atomic E-state index is -0.399.